The number of hydrogen-bond donors (Lipinski definition) is 1. The third-order valence-electron chi connectivity index (χ3n) is 2.40. The first-order valence-corrected chi connectivity index (χ1v) is 5.88. The van der Waals surface area contributed by atoms with E-state index in [0.717, 1.165) is 25.5 Å². The Kier molecular flexibility index (Phi) is 5.42. The summed E-state index contributed by atoms with van der Waals surface area (Å²) in [6.45, 7) is 10.6. The predicted octanol–water partition coefficient (Wildman–Crippen LogP) is 1.55. The van der Waals surface area contributed by atoms with Crippen molar-refractivity contribution in [3.63, 3.8) is 0 Å². The van der Waals surface area contributed by atoms with Crippen molar-refractivity contribution in [3.8, 4) is 0 Å². The molecule has 0 fully saturated rings. The maximum atomic E-state index is 5.26. The van der Waals surface area contributed by atoms with Crippen LogP contribution in [0, 0.1) is 0 Å². The van der Waals surface area contributed by atoms with Crippen LogP contribution in [0.25, 0.3) is 0 Å². The van der Waals surface area contributed by atoms with Crippen LogP contribution in [0.5, 0.6) is 0 Å². The van der Waals surface area contributed by atoms with Crippen molar-refractivity contribution in [2.75, 3.05) is 19.8 Å². The molecule has 0 bridgehead atoms. The molecule has 1 aromatic heterocycles. The summed E-state index contributed by atoms with van der Waals surface area (Å²) in [5, 5.41) is 11.6. The van der Waals surface area contributed by atoms with Gasteiger partial charge in [-0.05, 0) is 27.7 Å². The minimum absolute atomic E-state index is 0.216. The van der Waals surface area contributed by atoms with Gasteiger partial charge in [-0.25, -0.2) is 4.68 Å². The Morgan fingerprint density at radius 2 is 2.19 bits per heavy atom. The molecule has 0 amide bonds. The van der Waals surface area contributed by atoms with E-state index in [0.29, 0.717) is 6.04 Å². The largest absolute Gasteiger partial charge is 0.380 e. The molecule has 0 radical (unpaired) electrons. The monoisotopic (exact) mass is 226 g/mol. The van der Waals surface area contributed by atoms with Crippen LogP contribution in [0.2, 0.25) is 0 Å². The SMILES string of the molecule is CCOCCNC(C)c1cn(C(C)C)nn1. The molecule has 0 aliphatic carbocycles. The molecule has 0 spiro atoms. The second-order valence-electron chi connectivity index (χ2n) is 4.09. The highest BCUT2D eigenvalue weighted by Crippen LogP contribution is 2.10. The van der Waals surface area contributed by atoms with E-state index in [1.165, 1.54) is 0 Å². The lowest BCUT2D eigenvalue weighted by molar-refractivity contribution is 0.147. The van der Waals surface area contributed by atoms with Crippen molar-refractivity contribution in [2.24, 2.45) is 0 Å². The van der Waals surface area contributed by atoms with Crippen LogP contribution in [0.3, 0.4) is 0 Å². The molecule has 0 aliphatic heterocycles. The highest BCUT2D eigenvalue weighted by Gasteiger charge is 2.10. The molecular weight excluding hydrogens is 204 g/mol. The van der Waals surface area contributed by atoms with Gasteiger partial charge in [-0.15, -0.1) is 5.10 Å². The summed E-state index contributed by atoms with van der Waals surface area (Å²) in [4.78, 5) is 0. The lowest BCUT2D eigenvalue weighted by Gasteiger charge is -2.10. The van der Waals surface area contributed by atoms with Crippen molar-refractivity contribution in [1.29, 1.82) is 0 Å². The molecule has 0 saturated heterocycles. The minimum Gasteiger partial charge on any atom is -0.380 e. The molecule has 1 N–H and O–H groups in total. The average molecular weight is 226 g/mol. The second kappa shape index (κ2) is 6.60. The van der Waals surface area contributed by atoms with Crippen LogP contribution >= 0.6 is 0 Å². The molecule has 1 rings (SSSR count). The van der Waals surface area contributed by atoms with Gasteiger partial charge in [0.1, 0.15) is 0 Å². The van der Waals surface area contributed by atoms with Crippen molar-refractivity contribution in [1.82, 2.24) is 20.3 Å². The Balaban J connectivity index is 2.37. The van der Waals surface area contributed by atoms with E-state index in [2.05, 4.69) is 36.4 Å². The van der Waals surface area contributed by atoms with E-state index in [1.807, 2.05) is 17.8 Å². The smallest absolute Gasteiger partial charge is 0.0993 e. The predicted molar refractivity (Wildman–Crippen MR) is 63.3 cm³/mol. The van der Waals surface area contributed by atoms with Gasteiger partial charge in [-0.1, -0.05) is 5.21 Å². The summed E-state index contributed by atoms with van der Waals surface area (Å²) in [7, 11) is 0. The van der Waals surface area contributed by atoms with Crippen LogP contribution < -0.4 is 5.32 Å². The van der Waals surface area contributed by atoms with E-state index in [4.69, 9.17) is 4.74 Å². The van der Waals surface area contributed by atoms with Gasteiger partial charge in [0.15, 0.2) is 0 Å². The fraction of sp³-hybridized carbons (Fsp3) is 0.818. The minimum atomic E-state index is 0.216. The van der Waals surface area contributed by atoms with Crippen molar-refractivity contribution in [3.05, 3.63) is 11.9 Å². The Hall–Kier alpha value is -0.940. The zero-order chi connectivity index (χ0) is 12.0. The number of rotatable bonds is 7. The normalized spacial score (nSPS) is 13.3. The number of nitrogens with zero attached hydrogens (tertiary/aromatic N) is 3. The zero-order valence-electron chi connectivity index (χ0n) is 10.6. The average Bonchev–Trinajstić information content (AvgIpc) is 2.73. The first-order valence-electron chi connectivity index (χ1n) is 5.88. The molecule has 5 heteroatoms. The van der Waals surface area contributed by atoms with Gasteiger partial charge in [-0.2, -0.15) is 0 Å². The van der Waals surface area contributed by atoms with Crippen molar-refractivity contribution >= 4 is 0 Å². The van der Waals surface area contributed by atoms with E-state index < -0.39 is 0 Å². The summed E-state index contributed by atoms with van der Waals surface area (Å²) in [6, 6.07) is 0.574. The third kappa shape index (κ3) is 3.90. The summed E-state index contributed by atoms with van der Waals surface area (Å²) < 4.78 is 7.13. The van der Waals surface area contributed by atoms with Gasteiger partial charge >= 0.3 is 0 Å². The van der Waals surface area contributed by atoms with Crippen molar-refractivity contribution < 1.29 is 4.74 Å². The molecule has 5 nitrogen and oxygen atoms in total. The fourth-order valence-corrected chi connectivity index (χ4v) is 1.34. The second-order valence-corrected chi connectivity index (χ2v) is 4.09. The molecule has 1 unspecified atom stereocenters. The van der Waals surface area contributed by atoms with Gasteiger partial charge in [0.2, 0.25) is 0 Å². The lowest BCUT2D eigenvalue weighted by Crippen LogP contribution is -2.23. The van der Waals surface area contributed by atoms with Gasteiger partial charge in [0.05, 0.1) is 24.5 Å². The summed E-state index contributed by atoms with van der Waals surface area (Å²) in [5.74, 6) is 0. The zero-order valence-corrected chi connectivity index (χ0v) is 10.6. The number of aromatic nitrogens is 3. The standard InChI is InChI=1S/C11H22N4O/c1-5-16-7-6-12-10(4)11-8-15(9(2)3)14-13-11/h8-10,12H,5-7H2,1-4H3. The first kappa shape index (κ1) is 13.1. The number of ether oxygens (including phenoxy) is 1. The Bertz CT molecular complexity index is 298. The van der Waals surface area contributed by atoms with E-state index in [-0.39, 0.29) is 6.04 Å². The molecule has 0 aromatic carbocycles. The number of nitrogens with one attached hydrogen (secondary N) is 1. The molecule has 1 atom stereocenters. The Morgan fingerprint density at radius 1 is 1.44 bits per heavy atom. The molecular formula is C11H22N4O. The highest BCUT2D eigenvalue weighted by molar-refractivity contribution is 4.99. The van der Waals surface area contributed by atoms with E-state index >= 15 is 0 Å². The number of hydrogen-bond acceptors (Lipinski definition) is 4. The third-order valence-corrected chi connectivity index (χ3v) is 2.40. The topological polar surface area (TPSA) is 52.0 Å². The maximum absolute atomic E-state index is 5.26. The molecule has 0 aliphatic rings. The van der Waals surface area contributed by atoms with Crippen LogP contribution in [-0.2, 0) is 4.74 Å². The Labute approximate surface area is 97.2 Å². The van der Waals surface area contributed by atoms with E-state index in [9.17, 15) is 0 Å². The van der Waals surface area contributed by atoms with Gasteiger partial charge in [0, 0.05) is 19.2 Å². The lowest BCUT2D eigenvalue weighted by atomic mass is 10.2. The molecule has 1 heterocycles. The highest BCUT2D eigenvalue weighted by atomic mass is 16.5. The summed E-state index contributed by atoms with van der Waals surface area (Å²) in [5.41, 5.74) is 0.977. The molecule has 1 aromatic rings. The molecule has 92 valence electrons. The van der Waals surface area contributed by atoms with Crippen LogP contribution in [0.1, 0.15) is 45.5 Å². The van der Waals surface area contributed by atoms with Crippen LogP contribution in [-0.4, -0.2) is 34.8 Å². The molecule has 0 saturated carbocycles. The van der Waals surface area contributed by atoms with Crippen LogP contribution in [0.15, 0.2) is 6.20 Å². The molecule has 16 heavy (non-hydrogen) atoms. The fourth-order valence-electron chi connectivity index (χ4n) is 1.34. The van der Waals surface area contributed by atoms with Gasteiger partial charge in [0.25, 0.3) is 0 Å². The summed E-state index contributed by atoms with van der Waals surface area (Å²) >= 11 is 0. The Morgan fingerprint density at radius 3 is 2.75 bits per heavy atom. The quantitative estimate of drug-likeness (QED) is 0.717. The van der Waals surface area contributed by atoms with E-state index in [1.54, 1.807) is 0 Å². The maximum Gasteiger partial charge on any atom is 0.0993 e. The van der Waals surface area contributed by atoms with Gasteiger partial charge < -0.3 is 10.1 Å². The summed E-state index contributed by atoms with van der Waals surface area (Å²) in [6.07, 6.45) is 1.99. The van der Waals surface area contributed by atoms with Crippen LogP contribution in [0.4, 0.5) is 0 Å². The first-order chi connectivity index (χ1) is 7.65. The van der Waals surface area contributed by atoms with Crippen molar-refractivity contribution in [2.45, 2.75) is 39.8 Å². The van der Waals surface area contributed by atoms with Gasteiger partial charge in [-0.3, -0.25) is 0 Å².